The molecule has 0 aromatic heterocycles. The number of methoxy groups -OCH3 is 1. The van der Waals surface area contributed by atoms with Crippen molar-refractivity contribution in [2.75, 3.05) is 13.7 Å². The van der Waals surface area contributed by atoms with E-state index < -0.39 is 0 Å². The topological polar surface area (TPSA) is 29.5 Å². The molecule has 0 aliphatic heterocycles. The third-order valence-corrected chi connectivity index (χ3v) is 3.10. The summed E-state index contributed by atoms with van der Waals surface area (Å²) in [5, 5.41) is 9.93. The van der Waals surface area contributed by atoms with Crippen LogP contribution in [0.5, 0.6) is 0 Å². The standard InChI is InChI=1S/C10H20O2/c1-3-10(11)6-4-9(5-7-10)8-12-2/h9,11H,3-8H2,1-2H3. The maximum absolute atomic E-state index is 9.93. The SMILES string of the molecule is CCC1(O)CCC(COC)CC1. The Morgan fingerprint density at radius 3 is 2.42 bits per heavy atom. The lowest BCUT2D eigenvalue weighted by atomic mass is 9.78. The van der Waals surface area contributed by atoms with Crippen LogP contribution >= 0.6 is 0 Å². The highest BCUT2D eigenvalue weighted by Gasteiger charge is 2.31. The molecule has 0 radical (unpaired) electrons. The van der Waals surface area contributed by atoms with Gasteiger partial charge in [-0.05, 0) is 38.0 Å². The lowest BCUT2D eigenvalue weighted by Crippen LogP contribution is -2.34. The number of ether oxygens (including phenoxy) is 1. The van der Waals surface area contributed by atoms with Gasteiger partial charge in [0, 0.05) is 13.7 Å². The van der Waals surface area contributed by atoms with E-state index in [0.29, 0.717) is 5.92 Å². The normalized spacial score (nSPS) is 36.8. The first-order chi connectivity index (χ1) is 5.70. The van der Waals surface area contributed by atoms with Gasteiger partial charge >= 0.3 is 0 Å². The van der Waals surface area contributed by atoms with Gasteiger partial charge in [-0.3, -0.25) is 0 Å². The molecule has 2 nitrogen and oxygen atoms in total. The molecule has 1 aliphatic carbocycles. The summed E-state index contributed by atoms with van der Waals surface area (Å²) < 4.78 is 5.10. The number of hydrogen-bond donors (Lipinski definition) is 1. The van der Waals surface area contributed by atoms with E-state index in [1.54, 1.807) is 7.11 Å². The van der Waals surface area contributed by atoms with Crippen LogP contribution in [0.4, 0.5) is 0 Å². The molecule has 1 rings (SSSR count). The van der Waals surface area contributed by atoms with Crippen LogP contribution in [-0.2, 0) is 4.74 Å². The van der Waals surface area contributed by atoms with E-state index in [9.17, 15) is 5.11 Å². The Morgan fingerprint density at radius 1 is 1.42 bits per heavy atom. The van der Waals surface area contributed by atoms with Crippen LogP contribution < -0.4 is 0 Å². The van der Waals surface area contributed by atoms with Gasteiger partial charge in [0.1, 0.15) is 0 Å². The van der Waals surface area contributed by atoms with E-state index in [0.717, 1.165) is 38.7 Å². The third-order valence-electron chi connectivity index (χ3n) is 3.10. The van der Waals surface area contributed by atoms with Crippen molar-refractivity contribution in [3.63, 3.8) is 0 Å². The third kappa shape index (κ3) is 2.46. The van der Waals surface area contributed by atoms with Crippen molar-refractivity contribution >= 4 is 0 Å². The summed E-state index contributed by atoms with van der Waals surface area (Å²) in [7, 11) is 1.75. The van der Waals surface area contributed by atoms with E-state index in [-0.39, 0.29) is 5.60 Å². The van der Waals surface area contributed by atoms with Crippen LogP contribution in [0, 0.1) is 5.92 Å². The van der Waals surface area contributed by atoms with Gasteiger partial charge in [-0.25, -0.2) is 0 Å². The van der Waals surface area contributed by atoms with Gasteiger partial charge in [0.2, 0.25) is 0 Å². The fourth-order valence-corrected chi connectivity index (χ4v) is 1.97. The van der Waals surface area contributed by atoms with Crippen LogP contribution in [0.1, 0.15) is 39.0 Å². The number of aliphatic hydroxyl groups is 1. The molecule has 1 fully saturated rings. The van der Waals surface area contributed by atoms with Gasteiger partial charge in [0.05, 0.1) is 5.60 Å². The molecule has 0 heterocycles. The van der Waals surface area contributed by atoms with Crippen molar-refractivity contribution in [1.82, 2.24) is 0 Å². The quantitative estimate of drug-likeness (QED) is 0.705. The fourth-order valence-electron chi connectivity index (χ4n) is 1.97. The van der Waals surface area contributed by atoms with Gasteiger partial charge in [-0.2, -0.15) is 0 Å². The fraction of sp³-hybridized carbons (Fsp3) is 1.00. The van der Waals surface area contributed by atoms with Crippen LogP contribution in [0.25, 0.3) is 0 Å². The molecule has 0 atom stereocenters. The largest absolute Gasteiger partial charge is 0.390 e. The van der Waals surface area contributed by atoms with Crippen LogP contribution in [0.15, 0.2) is 0 Å². The zero-order valence-electron chi connectivity index (χ0n) is 8.18. The van der Waals surface area contributed by atoms with E-state index in [4.69, 9.17) is 4.74 Å². The van der Waals surface area contributed by atoms with Crippen LogP contribution in [0.2, 0.25) is 0 Å². The molecule has 0 amide bonds. The second kappa shape index (κ2) is 4.24. The Labute approximate surface area is 74.9 Å². The van der Waals surface area contributed by atoms with Crippen molar-refractivity contribution in [1.29, 1.82) is 0 Å². The predicted octanol–water partition coefficient (Wildman–Crippen LogP) is 1.96. The Hall–Kier alpha value is -0.0800. The maximum atomic E-state index is 9.93. The summed E-state index contributed by atoms with van der Waals surface area (Å²) in [6.45, 7) is 2.93. The Balaban J connectivity index is 2.29. The molecule has 1 saturated carbocycles. The zero-order chi connectivity index (χ0) is 9.03. The van der Waals surface area contributed by atoms with Crippen molar-refractivity contribution in [2.24, 2.45) is 5.92 Å². The predicted molar refractivity (Wildman–Crippen MR) is 49.1 cm³/mol. The second-order valence-electron chi connectivity index (χ2n) is 3.98. The second-order valence-corrected chi connectivity index (χ2v) is 3.98. The van der Waals surface area contributed by atoms with Crippen LogP contribution in [0.3, 0.4) is 0 Å². The highest BCUT2D eigenvalue weighted by Crippen LogP contribution is 2.33. The summed E-state index contributed by atoms with van der Waals surface area (Å²) in [4.78, 5) is 0. The molecule has 72 valence electrons. The molecule has 1 N–H and O–H groups in total. The maximum Gasteiger partial charge on any atom is 0.0645 e. The summed E-state index contributed by atoms with van der Waals surface area (Å²) in [6.07, 6.45) is 5.05. The minimum absolute atomic E-state index is 0.357. The van der Waals surface area contributed by atoms with E-state index in [1.807, 2.05) is 0 Å². The first-order valence-electron chi connectivity index (χ1n) is 4.91. The average Bonchev–Trinajstić information content (AvgIpc) is 2.10. The lowest BCUT2D eigenvalue weighted by Gasteiger charge is -2.34. The summed E-state index contributed by atoms with van der Waals surface area (Å²) in [6, 6.07) is 0. The smallest absolute Gasteiger partial charge is 0.0645 e. The van der Waals surface area contributed by atoms with Gasteiger partial charge in [-0.15, -0.1) is 0 Å². The molecular weight excluding hydrogens is 152 g/mol. The van der Waals surface area contributed by atoms with Gasteiger partial charge in [-0.1, -0.05) is 6.92 Å². The molecule has 0 spiro atoms. The van der Waals surface area contributed by atoms with E-state index in [2.05, 4.69) is 6.92 Å². The summed E-state index contributed by atoms with van der Waals surface area (Å²) in [5.41, 5.74) is -0.357. The molecule has 0 aromatic carbocycles. The summed E-state index contributed by atoms with van der Waals surface area (Å²) in [5.74, 6) is 0.682. The van der Waals surface area contributed by atoms with Gasteiger partial charge < -0.3 is 9.84 Å². The Kier molecular flexibility index (Phi) is 3.53. The number of rotatable bonds is 3. The van der Waals surface area contributed by atoms with Crippen molar-refractivity contribution < 1.29 is 9.84 Å². The number of hydrogen-bond acceptors (Lipinski definition) is 2. The first kappa shape index (κ1) is 10.0. The summed E-state index contributed by atoms with van der Waals surface area (Å²) >= 11 is 0. The van der Waals surface area contributed by atoms with Crippen molar-refractivity contribution in [2.45, 2.75) is 44.6 Å². The van der Waals surface area contributed by atoms with E-state index >= 15 is 0 Å². The molecule has 0 saturated heterocycles. The molecule has 12 heavy (non-hydrogen) atoms. The van der Waals surface area contributed by atoms with Crippen LogP contribution in [-0.4, -0.2) is 24.4 Å². The molecule has 0 unspecified atom stereocenters. The Bertz CT molecular complexity index is 126. The molecule has 0 aromatic rings. The average molecular weight is 172 g/mol. The minimum Gasteiger partial charge on any atom is -0.390 e. The lowest BCUT2D eigenvalue weighted by molar-refractivity contribution is -0.0225. The van der Waals surface area contributed by atoms with Crippen molar-refractivity contribution in [3.8, 4) is 0 Å². The highest BCUT2D eigenvalue weighted by atomic mass is 16.5. The van der Waals surface area contributed by atoms with E-state index in [1.165, 1.54) is 0 Å². The zero-order valence-corrected chi connectivity index (χ0v) is 8.18. The first-order valence-corrected chi connectivity index (χ1v) is 4.91. The van der Waals surface area contributed by atoms with Gasteiger partial charge in [0.25, 0.3) is 0 Å². The Morgan fingerprint density at radius 2 is 2.00 bits per heavy atom. The highest BCUT2D eigenvalue weighted by molar-refractivity contribution is 4.83. The molecular formula is C10H20O2. The van der Waals surface area contributed by atoms with Crippen molar-refractivity contribution in [3.05, 3.63) is 0 Å². The minimum atomic E-state index is -0.357. The molecule has 0 bridgehead atoms. The molecule has 1 aliphatic rings. The van der Waals surface area contributed by atoms with Gasteiger partial charge in [0.15, 0.2) is 0 Å². The molecule has 2 heteroatoms. The monoisotopic (exact) mass is 172 g/mol.